The van der Waals surface area contributed by atoms with Crippen LogP contribution in [-0.2, 0) is 22.6 Å². The Kier molecular flexibility index (Phi) is 7.43. The van der Waals surface area contributed by atoms with Crippen molar-refractivity contribution in [2.75, 3.05) is 32.6 Å². The zero-order valence-corrected chi connectivity index (χ0v) is 19.5. The van der Waals surface area contributed by atoms with Crippen LogP contribution in [0.4, 0.5) is 10.2 Å². The molecule has 2 aromatic rings. The van der Waals surface area contributed by atoms with Gasteiger partial charge in [0.2, 0.25) is 11.8 Å². The number of aryl methyl sites for hydroxylation is 1. The minimum absolute atomic E-state index is 0.0184. The molecule has 1 aromatic heterocycles. The summed E-state index contributed by atoms with van der Waals surface area (Å²) >= 11 is 0. The van der Waals surface area contributed by atoms with Gasteiger partial charge in [-0.1, -0.05) is 12.1 Å². The van der Waals surface area contributed by atoms with E-state index in [4.69, 9.17) is 4.98 Å². The molecule has 1 atom stereocenters. The molecule has 0 N–H and O–H groups in total. The number of carbonyl (C=O) groups excluding carboxylic acids is 2. The Labute approximate surface area is 189 Å². The second kappa shape index (κ2) is 10.1. The molecule has 0 spiro atoms. The molecular weight excluding hydrogens is 409 g/mol. The van der Waals surface area contributed by atoms with Crippen molar-refractivity contribution in [3.63, 3.8) is 0 Å². The average molecular weight is 442 g/mol. The standard InChI is InChI=1S/C24H32FN5O2/c1-16(2)30-14-18(12-24(30)32)20-13-22(28(3)4)27-21(26-20)15-29(5)23(31)11-8-17-6-9-19(25)10-7-17/h6-7,9-10,13,16,18H,8,11-12,14-15H2,1-5H3/t18-/m0/s1. The summed E-state index contributed by atoms with van der Waals surface area (Å²) in [6.07, 6.45) is 1.30. The first-order valence-corrected chi connectivity index (χ1v) is 11.0. The average Bonchev–Trinajstić information content (AvgIpc) is 3.15. The predicted molar refractivity (Wildman–Crippen MR) is 122 cm³/mol. The van der Waals surface area contributed by atoms with Crippen molar-refractivity contribution in [3.05, 3.63) is 53.2 Å². The van der Waals surface area contributed by atoms with E-state index in [9.17, 15) is 14.0 Å². The van der Waals surface area contributed by atoms with Gasteiger partial charge >= 0.3 is 0 Å². The normalized spacial score (nSPS) is 16.0. The van der Waals surface area contributed by atoms with E-state index in [0.717, 1.165) is 17.1 Å². The number of carbonyl (C=O) groups is 2. The third-order valence-electron chi connectivity index (χ3n) is 5.78. The van der Waals surface area contributed by atoms with Gasteiger partial charge in [-0.05, 0) is 38.0 Å². The summed E-state index contributed by atoms with van der Waals surface area (Å²) in [5.74, 6) is 1.16. The van der Waals surface area contributed by atoms with E-state index in [0.29, 0.717) is 31.6 Å². The maximum absolute atomic E-state index is 13.1. The Morgan fingerprint density at radius 1 is 1.19 bits per heavy atom. The molecule has 0 radical (unpaired) electrons. The Morgan fingerprint density at radius 3 is 2.47 bits per heavy atom. The van der Waals surface area contributed by atoms with Gasteiger partial charge in [0.15, 0.2) is 0 Å². The molecule has 32 heavy (non-hydrogen) atoms. The van der Waals surface area contributed by atoms with Crippen molar-refractivity contribution >= 4 is 17.6 Å². The summed E-state index contributed by atoms with van der Waals surface area (Å²) in [6.45, 7) is 4.96. The topological polar surface area (TPSA) is 69.6 Å². The van der Waals surface area contributed by atoms with Crippen molar-refractivity contribution in [2.45, 2.75) is 51.6 Å². The summed E-state index contributed by atoms with van der Waals surface area (Å²) in [6, 6.07) is 8.29. The molecule has 0 aliphatic carbocycles. The van der Waals surface area contributed by atoms with Crippen LogP contribution >= 0.6 is 0 Å². The zero-order valence-electron chi connectivity index (χ0n) is 19.5. The maximum atomic E-state index is 13.1. The van der Waals surface area contributed by atoms with Crippen molar-refractivity contribution in [2.24, 2.45) is 0 Å². The van der Waals surface area contributed by atoms with Gasteiger partial charge in [-0.15, -0.1) is 0 Å². The van der Waals surface area contributed by atoms with E-state index < -0.39 is 0 Å². The fourth-order valence-corrected chi connectivity index (χ4v) is 3.83. The van der Waals surface area contributed by atoms with Crippen molar-refractivity contribution in [3.8, 4) is 0 Å². The highest BCUT2D eigenvalue weighted by atomic mass is 19.1. The number of rotatable bonds is 8. The second-order valence-electron chi connectivity index (χ2n) is 8.88. The van der Waals surface area contributed by atoms with Crippen LogP contribution in [0.15, 0.2) is 30.3 Å². The Morgan fingerprint density at radius 2 is 1.88 bits per heavy atom. The number of nitrogens with zero attached hydrogens (tertiary/aromatic N) is 5. The fourth-order valence-electron chi connectivity index (χ4n) is 3.83. The molecule has 2 amide bonds. The van der Waals surface area contributed by atoms with Gasteiger partial charge < -0.3 is 14.7 Å². The Hall–Kier alpha value is -3.03. The highest BCUT2D eigenvalue weighted by Crippen LogP contribution is 2.30. The minimum atomic E-state index is -0.286. The molecular formula is C24H32FN5O2. The second-order valence-corrected chi connectivity index (χ2v) is 8.88. The zero-order chi connectivity index (χ0) is 23.4. The van der Waals surface area contributed by atoms with Gasteiger partial charge in [-0.25, -0.2) is 14.4 Å². The smallest absolute Gasteiger partial charge is 0.223 e. The van der Waals surface area contributed by atoms with Crippen LogP contribution in [-0.4, -0.2) is 65.3 Å². The van der Waals surface area contributed by atoms with Crippen molar-refractivity contribution < 1.29 is 14.0 Å². The summed E-state index contributed by atoms with van der Waals surface area (Å²) in [4.78, 5) is 39.8. The lowest BCUT2D eigenvalue weighted by Gasteiger charge is -2.22. The van der Waals surface area contributed by atoms with Gasteiger partial charge in [-0.3, -0.25) is 9.59 Å². The van der Waals surface area contributed by atoms with Crippen LogP contribution in [0.2, 0.25) is 0 Å². The van der Waals surface area contributed by atoms with Crippen LogP contribution in [0.1, 0.15) is 49.7 Å². The molecule has 1 saturated heterocycles. The first-order chi connectivity index (χ1) is 15.1. The minimum Gasteiger partial charge on any atom is -0.363 e. The first kappa shape index (κ1) is 23.6. The van der Waals surface area contributed by atoms with Crippen LogP contribution in [0.25, 0.3) is 0 Å². The third kappa shape index (κ3) is 5.81. The quantitative estimate of drug-likeness (QED) is 0.630. The number of aromatic nitrogens is 2. The van der Waals surface area contributed by atoms with E-state index in [1.165, 1.54) is 12.1 Å². The largest absolute Gasteiger partial charge is 0.363 e. The summed E-state index contributed by atoms with van der Waals surface area (Å²) in [7, 11) is 5.55. The summed E-state index contributed by atoms with van der Waals surface area (Å²) in [5.41, 5.74) is 1.75. The molecule has 0 unspecified atom stereocenters. The summed E-state index contributed by atoms with van der Waals surface area (Å²) in [5, 5.41) is 0. The van der Waals surface area contributed by atoms with E-state index in [1.807, 2.05) is 43.8 Å². The molecule has 1 aliphatic heterocycles. The van der Waals surface area contributed by atoms with Crippen LogP contribution in [0.5, 0.6) is 0 Å². The highest BCUT2D eigenvalue weighted by molar-refractivity contribution is 5.80. The lowest BCUT2D eigenvalue weighted by Crippen LogP contribution is -2.32. The molecule has 1 aliphatic rings. The molecule has 1 aromatic carbocycles. The third-order valence-corrected chi connectivity index (χ3v) is 5.78. The van der Waals surface area contributed by atoms with Crippen molar-refractivity contribution in [1.29, 1.82) is 0 Å². The number of hydrogen-bond donors (Lipinski definition) is 0. The lowest BCUT2D eigenvalue weighted by molar-refractivity contribution is -0.130. The van der Waals surface area contributed by atoms with Crippen LogP contribution in [0.3, 0.4) is 0 Å². The lowest BCUT2D eigenvalue weighted by atomic mass is 10.0. The molecule has 2 heterocycles. The van der Waals surface area contributed by atoms with E-state index >= 15 is 0 Å². The van der Waals surface area contributed by atoms with E-state index in [2.05, 4.69) is 4.98 Å². The molecule has 0 saturated carbocycles. The van der Waals surface area contributed by atoms with Gasteiger partial charge in [0, 0.05) is 58.6 Å². The highest BCUT2D eigenvalue weighted by Gasteiger charge is 2.33. The molecule has 0 bridgehead atoms. The van der Waals surface area contributed by atoms with E-state index in [-0.39, 0.29) is 36.1 Å². The molecule has 172 valence electrons. The fraction of sp³-hybridized carbons (Fsp3) is 0.500. The predicted octanol–water partition coefficient (Wildman–Crippen LogP) is 3.00. The molecule has 3 rings (SSSR count). The van der Waals surface area contributed by atoms with Gasteiger partial charge in [-0.2, -0.15) is 0 Å². The van der Waals surface area contributed by atoms with E-state index in [1.54, 1.807) is 24.1 Å². The number of amides is 2. The summed E-state index contributed by atoms with van der Waals surface area (Å²) < 4.78 is 13.1. The number of anilines is 1. The van der Waals surface area contributed by atoms with Gasteiger partial charge in [0.25, 0.3) is 0 Å². The van der Waals surface area contributed by atoms with Crippen LogP contribution < -0.4 is 4.90 Å². The number of likely N-dealkylation sites (tertiary alicyclic amines) is 1. The first-order valence-electron chi connectivity index (χ1n) is 11.0. The Bertz CT molecular complexity index is 961. The molecule has 1 fully saturated rings. The van der Waals surface area contributed by atoms with Gasteiger partial charge in [0.05, 0.1) is 12.2 Å². The molecule has 8 heteroatoms. The Balaban J connectivity index is 1.70. The number of halogens is 1. The molecule has 7 nitrogen and oxygen atoms in total. The van der Waals surface area contributed by atoms with Crippen molar-refractivity contribution in [1.82, 2.24) is 19.8 Å². The monoisotopic (exact) mass is 441 g/mol. The van der Waals surface area contributed by atoms with Gasteiger partial charge in [0.1, 0.15) is 17.5 Å². The van der Waals surface area contributed by atoms with Crippen LogP contribution in [0, 0.1) is 5.82 Å². The maximum Gasteiger partial charge on any atom is 0.223 e. The number of hydrogen-bond acceptors (Lipinski definition) is 5. The number of benzene rings is 1. The SMILES string of the molecule is CC(C)N1C[C@@H](c2cc(N(C)C)nc(CN(C)C(=O)CCc3ccc(F)cc3)n2)CC1=O.